The Bertz CT molecular complexity index is 395. The van der Waals surface area contributed by atoms with E-state index in [4.69, 9.17) is 22.1 Å². The summed E-state index contributed by atoms with van der Waals surface area (Å²) in [6.07, 6.45) is 3.48. The van der Waals surface area contributed by atoms with Gasteiger partial charge in [0.2, 0.25) is 5.91 Å². The number of benzene rings is 1. The highest BCUT2D eigenvalue weighted by atomic mass is 35.5. The smallest absolute Gasteiger partial charge is 0.222 e. The third-order valence-electron chi connectivity index (χ3n) is 3.03. The van der Waals surface area contributed by atoms with Crippen molar-refractivity contribution in [2.24, 2.45) is 5.73 Å². The molecule has 4 nitrogen and oxygen atoms in total. The number of amides is 1. The summed E-state index contributed by atoms with van der Waals surface area (Å²) in [5, 5.41) is 0.683. The van der Waals surface area contributed by atoms with E-state index >= 15 is 0 Å². The Morgan fingerprint density at radius 1 is 1.25 bits per heavy atom. The standard InChI is InChI=1S/C15H23ClN2O2/c1-18(15(19)5-3-2-4-10-17)11-12-20-14-8-6-13(16)7-9-14/h6-9H,2-5,10-12,17H2,1H3. The molecule has 20 heavy (non-hydrogen) atoms. The number of rotatable bonds is 9. The molecular weight excluding hydrogens is 276 g/mol. The summed E-state index contributed by atoms with van der Waals surface area (Å²) < 4.78 is 5.56. The van der Waals surface area contributed by atoms with Crippen LogP contribution < -0.4 is 10.5 Å². The molecule has 2 N–H and O–H groups in total. The molecule has 112 valence electrons. The van der Waals surface area contributed by atoms with Gasteiger partial charge in [-0.05, 0) is 43.7 Å². The number of halogens is 1. The van der Waals surface area contributed by atoms with E-state index in [-0.39, 0.29) is 5.91 Å². The number of nitrogens with zero attached hydrogens (tertiary/aromatic N) is 1. The predicted molar refractivity (Wildman–Crippen MR) is 82.1 cm³/mol. The minimum atomic E-state index is 0.154. The second-order valence-corrected chi connectivity index (χ2v) is 5.15. The lowest BCUT2D eigenvalue weighted by molar-refractivity contribution is -0.130. The normalized spacial score (nSPS) is 10.3. The Balaban J connectivity index is 2.17. The van der Waals surface area contributed by atoms with Crippen LogP contribution in [0.4, 0.5) is 0 Å². The van der Waals surface area contributed by atoms with Gasteiger partial charge in [-0.2, -0.15) is 0 Å². The lowest BCUT2D eigenvalue weighted by atomic mass is 10.2. The van der Waals surface area contributed by atoms with Crippen LogP contribution in [0.25, 0.3) is 0 Å². The first kappa shape index (κ1) is 16.8. The number of ether oxygens (including phenoxy) is 1. The molecule has 0 aliphatic rings. The summed E-state index contributed by atoms with van der Waals surface area (Å²) in [6, 6.07) is 7.19. The topological polar surface area (TPSA) is 55.6 Å². The van der Waals surface area contributed by atoms with Crippen LogP contribution in [0.5, 0.6) is 5.75 Å². The highest BCUT2D eigenvalue weighted by Crippen LogP contribution is 2.15. The first-order valence-corrected chi connectivity index (χ1v) is 7.33. The van der Waals surface area contributed by atoms with Crippen LogP contribution >= 0.6 is 11.6 Å². The Kier molecular flexibility index (Phi) is 8.07. The van der Waals surface area contributed by atoms with E-state index in [0.29, 0.717) is 31.1 Å². The summed E-state index contributed by atoms with van der Waals surface area (Å²) in [6.45, 7) is 1.75. The van der Waals surface area contributed by atoms with Gasteiger partial charge in [-0.1, -0.05) is 18.0 Å². The van der Waals surface area contributed by atoms with Gasteiger partial charge < -0.3 is 15.4 Å². The van der Waals surface area contributed by atoms with Crippen molar-refractivity contribution in [2.45, 2.75) is 25.7 Å². The van der Waals surface area contributed by atoms with Crippen LogP contribution in [0, 0.1) is 0 Å². The van der Waals surface area contributed by atoms with Crippen molar-refractivity contribution in [3.8, 4) is 5.75 Å². The SMILES string of the molecule is CN(CCOc1ccc(Cl)cc1)C(=O)CCCCCN. The molecule has 0 aromatic heterocycles. The average molecular weight is 299 g/mol. The van der Waals surface area contributed by atoms with Gasteiger partial charge in [0.1, 0.15) is 12.4 Å². The monoisotopic (exact) mass is 298 g/mol. The van der Waals surface area contributed by atoms with E-state index in [0.717, 1.165) is 25.0 Å². The van der Waals surface area contributed by atoms with Crippen LogP contribution in [-0.4, -0.2) is 37.6 Å². The lowest BCUT2D eigenvalue weighted by Gasteiger charge is -2.17. The van der Waals surface area contributed by atoms with Crippen LogP contribution in [0.2, 0.25) is 5.02 Å². The van der Waals surface area contributed by atoms with Gasteiger partial charge in [0.05, 0.1) is 6.54 Å². The van der Waals surface area contributed by atoms with Crippen molar-refractivity contribution in [1.82, 2.24) is 4.90 Å². The third kappa shape index (κ3) is 6.78. The number of hydrogen-bond acceptors (Lipinski definition) is 3. The summed E-state index contributed by atoms with van der Waals surface area (Å²) >= 11 is 5.79. The molecule has 0 aliphatic heterocycles. The number of likely N-dealkylation sites (N-methyl/N-ethyl adjacent to an activating group) is 1. The second-order valence-electron chi connectivity index (χ2n) is 4.72. The van der Waals surface area contributed by atoms with Crippen LogP contribution in [0.15, 0.2) is 24.3 Å². The van der Waals surface area contributed by atoms with Gasteiger partial charge in [-0.3, -0.25) is 4.79 Å². The van der Waals surface area contributed by atoms with Gasteiger partial charge in [0, 0.05) is 18.5 Å². The zero-order valence-corrected chi connectivity index (χ0v) is 12.7. The van der Waals surface area contributed by atoms with E-state index < -0.39 is 0 Å². The molecule has 0 unspecified atom stereocenters. The fourth-order valence-corrected chi connectivity index (χ4v) is 1.87. The maximum absolute atomic E-state index is 11.8. The summed E-state index contributed by atoms with van der Waals surface area (Å²) in [5.74, 6) is 0.917. The minimum Gasteiger partial charge on any atom is -0.492 e. The first-order valence-electron chi connectivity index (χ1n) is 6.96. The quantitative estimate of drug-likeness (QED) is 0.713. The minimum absolute atomic E-state index is 0.154. The highest BCUT2D eigenvalue weighted by Gasteiger charge is 2.08. The predicted octanol–water partition coefficient (Wildman–Crippen LogP) is 2.70. The third-order valence-corrected chi connectivity index (χ3v) is 3.28. The van der Waals surface area contributed by atoms with Crippen molar-refractivity contribution in [1.29, 1.82) is 0 Å². The van der Waals surface area contributed by atoms with Gasteiger partial charge in [0.25, 0.3) is 0 Å². The molecule has 0 saturated carbocycles. The maximum atomic E-state index is 11.8. The Morgan fingerprint density at radius 2 is 1.95 bits per heavy atom. The second kappa shape index (κ2) is 9.61. The molecule has 1 amide bonds. The van der Waals surface area contributed by atoms with Crippen LogP contribution in [-0.2, 0) is 4.79 Å². The van der Waals surface area contributed by atoms with Crippen LogP contribution in [0.3, 0.4) is 0 Å². The van der Waals surface area contributed by atoms with Crippen molar-refractivity contribution in [3.63, 3.8) is 0 Å². The molecular formula is C15H23ClN2O2. The highest BCUT2D eigenvalue weighted by molar-refractivity contribution is 6.30. The number of carbonyl (C=O) groups is 1. The number of unbranched alkanes of at least 4 members (excludes halogenated alkanes) is 2. The molecule has 1 rings (SSSR count). The van der Waals surface area contributed by atoms with Gasteiger partial charge >= 0.3 is 0 Å². The molecule has 0 atom stereocenters. The Hall–Kier alpha value is -1.26. The molecule has 0 bridgehead atoms. The van der Waals surface area contributed by atoms with Crippen molar-refractivity contribution < 1.29 is 9.53 Å². The van der Waals surface area contributed by atoms with Crippen molar-refractivity contribution in [3.05, 3.63) is 29.3 Å². The van der Waals surface area contributed by atoms with E-state index in [9.17, 15) is 4.79 Å². The largest absolute Gasteiger partial charge is 0.492 e. The van der Waals surface area contributed by atoms with Crippen molar-refractivity contribution in [2.75, 3.05) is 26.7 Å². The van der Waals surface area contributed by atoms with Gasteiger partial charge in [-0.15, -0.1) is 0 Å². The molecule has 0 fully saturated rings. The molecule has 1 aromatic carbocycles. The molecule has 0 spiro atoms. The van der Waals surface area contributed by atoms with E-state index in [1.165, 1.54) is 0 Å². The van der Waals surface area contributed by atoms with E-state index in [1.807, 2.05) is 12.1 Å². The van der Waals surface area contributed by atoms with Gasteiger partial charge in [-0.25, -0.2) is 0 Å². The molecule has 0 radical (unpaired) electrons. The molecule has 0 saturated heterocycles. The maximum Gasteiger partial charge on any atom is 0.222 e. The fourth-order valence-electron chi connectivity index (χ4n) is 1.74. The molecule has 0 aliphatic carbocycles. The fraction of sp³-hybridized carbons (Fsp3) is 0.533. The summed E-state index contributed by atoms with van der Waals surface area (Å²) in [7, 11) is 1.80. The Labute approximate surface area is 125 Å². The molecule has 5 heteroatoms. The first-order chi connectivity index (χ1) is 9.63. The average Bonchev–Trinajstić information content (AvgIpc) is 2.45. The lowest BCUT2D eigenvalue weighted by Crippen LogP contribution is -2.30. The number of hydrogen-bond donors (Lipinski definition) is 1. The zero-order valence-electron chi connectivity index (χ0n) is 12.0. The Morgan fingerprint density at radius 3 is 2.60 bits per heavy atom. The number of nitrogens with two attached hydrogens (primary N) is 1. The molecule has 1 aromatic rings. The summed E-state index contributed by atoms with van der Waals surface area (Å²) in [4.78, 5) is 13.5. The molecule has 0 heterocycles. The van der Waals surface area contributed by atoms with Crippen molar-refractivity contribution >= 4 is 17.5 Å². The van der Waals surface area contributed by atoms with Gasteiger partial charge in [0.15, 0.2) is 0 Å². The van der Waals surface area contributed by atoms with E-state index in [2.05, 4.69) is 0 Å². The number of carbonyl (C=O) groups excluding carboxylic acids is 1. The summed E-state index contributed by atoms with van der Waals surface area (Å²) in [5.41, 5.74) is 5.42. The van der Waals surface area contributed by atoms with Crippen LogP contribution in [0.1, 0.15) is 25.7 Å². The van der Waals surface area contributed by atoms with E-state index in [1.54, 1.807) is 24.1 Å². The zero-order chi connectivity index (χ0) is 14.8.